The summed E-state index contributed by atoms with van der Waals surface area (Å²) >= 11 is 4.32. The average molecular weight is 447 g/mol. The van der Waals surface area contributed by atoms with Crippen molar-refractivity contribution in [1.82, 2.24) is 10.3 Å². The van der Waals surface area contributed by atoms with Gasteiger partial charge < -0.3 is 9.47 Å². The summed E-state index contributed by atoms with van der Waals surface area (Å²) in [5, 5.41) is 26.8. The van der Waals surface area contributed by atoms with Gasteiger partial charge in [0, 0.05) is 5.75 Å². The number of amidine groups is 1. The third-order valence-corrected chi connectivity index (χ3v) is 5.20. The van der Waals surface area contributed by atoms with E-state index in [9.17, 15) is 9.60 Å². The van der Waals surface area contributed by atoms with Crippen LogP contribution in [0.4, 0.5) is 10.1 Å². The number of anilines is 1. The molecular weight excluding hydrogens is 431 g/mol. The van der Waals surface area contributed by atoms with Crippen molar-refractivity contribution in [3.8, 4) is 0 Å². The summed E-state index contributed by atoms with van der Waals surface area (Å²) in [6, 6.07) is 3.85. The van der Waals surface area contributed by atoms with E-state index in [1.165, 1.54) is 30.0 Å². The van der Waals surface area contributed by atoms with Gasteiger partial charge in [0.1, 0.15) is 5.82 Å². The van der Waals surface area contributed by atoms with Crippen LogP contribution in [0, 0.1) is 11.2 Å². The molecule has 1 fully saturated rings. The summed E-state index contributed by atoms with van der Waals surface area (Å²) < 4.78 is 29.4. The molecule has 8 nitrogen and oxygen atoms in total. The predicted octanol–water partition coefficient (Wildman–Crippen LogP) is 3.44. The SMILES string of the molecule is CC1(C)OC[C@@H](CSc2nonc2C(=N)N(O)c2ccc(F)c(Br)c2)O1. The second kappa shape index (κ2) is 7.61. The van der Waals surface area contributed by atoms with Crippen LogP contribution >= 0.6 is 27.7 Å². The zero-order valence-electron chi connectivity index (χ0n) is 13.9. The number of ether oxygens (including phenoxy) is 2. The van der Waals surface area contributed by atoms with Crippen LogP contribution in [0.25, 0.3) is 0 Å². The first-order valence-corrected chi connectivity index (χ1v) is 9.35. The minimum Gasteiger partial charge on any atom is -0.348 e. The monoisotopic (exact) mass is 446 g/mol. The Labute approximate surface area is 161 Å². The Bertz CT molecular complexity index is 819. The molecule has 0 amide bonds. The molecule has 0 saturated carbocycles. The number of benzene rings is 1. The summed E-state index contributed by atoms with van der Waals surface area (Å²) in [6.45, 7) is 4.12. The molecular formula is C15H16BrFN4O4S. The molecule has 1 aliphatic rings. The molecule has 0 bridgehead atoms. The molecule has 0 spiro atoms. The first-order chi connectivity index (χ1) is 12.3. The van der Waals surface area contributed by atoms with Crippen molar-refractivity contribution in [2.45, 2.75) is 30.8 Å². The van der Waals surface area contributed by atoms with E-state index in [4.69, 9.17) is 19.5 Å². The van der Waals surface area contributed by atoms with E-state index in [1.54, 1.807) is 0 Å². The van der Waals surface area contributed by atoms with Crippen molar-refractivity contribution < 1.29 is 23.7 Å². The summed E-state index contributed by atoms with van der Waals surface area (Å²) in [7, 11) is 0. The minimum absolute atomic E-state index is 0.0659. The molecule has 1 aliphatic heterocycles. The highest BCUT2D eigenvalue weighted by Crippen LogP contribution is 2.29. The van der Waals surface area contributed by atoms with Crippen molar-refractivity contribution in [2.24, 2.45) is 0 Å². The Morgan fingerprint density at radius 1 is 1.50 bits per heavy atom. The van der Waals surface area contributed by atoms with Crippen molar-refractivity contribution in [3.63, 3.8) is 0 Å². The zero-order chi connectivity index (χ0) is 18.9. The Balaban J connectivity index is 1.69. The number of hydrogen-bond donors (Lipinski definition) is 2. The largest absolute Gasteiger partial charge is 0.348 e. The second-order valence-electron chi connectivity index (χ2n) is 5.94. The summed E-state index contributed by atoms with van der Waals surface area (Å²) in [5.74, 6) is -0.933. The molecule has 2 heterocycles. The lowest BCUT2D eigenvalue weighted by Crippen LogP contribution is -2.28. The van der Waals surface area contributed by atoms with E-state index in [2.05, 4.69) is 26.2 Å². The number of hydrogen-bond acceptors (Lipinski definition) is 8. The van der Waals surface area contributed by atoms with Crippen molar-refractivity contribution in [1.29, 1.82) is 5.41 Å². The molecule has 3 rings (SSSR count). The van der Waals surface area contributed by atoms with E-state index >= 15 is 0 Å². The van der Waals surface area contributed by atoms with Gasteiger partial charge in [0.15, 0.2) is 22.3 Å². The number of nitrogens with one attached hydrogen (secondary N) is 1. The molecule has 1 atom stereocenters. The molecule has 1 saturated heterocycles. The van der Waals surface area contributed by atoms with Crippen LogP contribution in [0.5, 0.6) is 0 Å². The normalized spacial score (nSPS) is 18.9. The van der Waals surface area contributed by atoms with Gasteiger partial charge in [-0.3, -0.25) is 10.6 Å². The predicted molar refractivity (Wildman–Crippen MR) is 95.1 cm³/mol. The van der Waals surface area contributed by atoms with Crippen molar-refractivity contribution >= 4 is 39.2 Å². The number of thioether (sulfide) groups is 1. The van der Waals surface area contributed by atoms with Gasteiger partial charge in [-0.1, -0.05) is 11.8 Å². The van der Waals surface area contributed by atoms with Gasteiger partial charge in [-0.2, -0.15) is 0 Å². The van der Waals surface area contributed by atoms with Crippen LogP contribution in [0.1, 0.15) is 19.5 Å². The van der Waals surface area contributed by atoms with Crippen LogP contribution in [0.2, 0.25) is 0 Å². The Hall–Kier alpha value is -1.53. The van der Waals surface area contributed by atoms with E-state index in [0.717, 1.165) is 0 Å². The van der Waals surface area contributed by atoms with Crippen molar-refractivity contribution in [2.75, 3.05) is 17.4 Å². The van der Waals surface area contributed by atoms with Crippen LogP contribution in [0.3, 0.4) is 0 Å². The lowest BCUT2D eigenvalue weighted by Gasteiger charge is -2.17. The smallest absolute Gasteiger partial charge is 0.186 e. The molecule has 11 heteroatoms. The van der Waals surface area contributed by atoms with E-state index in [1.807, 2.05) is 13.8 Å². The molecule has 1 aromatic heterocycles. The summed E-state index contributed by atoms with van der Waals surface area (Å²) in [5.41, 5.74) is 0.257. The fraction of sp³-hybridized carbons (Fsp3) is 0.400. The van der Waals surface area contributed by atoms with Crippen LogP contribution in [-0.2, 0) is 9.47 Å². The summed E-state index contributed by atoms with van der Waals surface area (Å²) in [4.78, 5) is 0. The van der Waals surface area contributed by atoms with Crippen LogP contribution in [0.15, 0.2) is 32.3 Å². The number of nitrogens with zero attached hydrogens (tertiary/aromatic N) is 3. The number of aromatic nitrogens is 2. The van der Waals surface area contributed by atoms with Crippen LogP contribution in [-0.4, -0.2) is 45.6 Å². The molecule has 0 unspecified atom stereocenters. The third-order valence-electron chi connectivity index (χ3n) is 3.52. The highest BCUT2D eigenvalue weighted by molar-refractivity contribution is 9.10. The first kappa shape index (κ1) is 19.2. The van der Waals surface area contributed by atoms with Gasteiger partial charge in [-0.05, 0) is 58.3 Å². The number of halogens is 2. The van der Waals surface area contributed by atoms with Crippen molar-refractivity contribution in [3.05, 3.63) is 34.2 Å². The highest BCUT2D eigenvalue weighted by Gasteiger charge is 2.33. The molecule has 140 valence electrons. The van der Waals surface area contributed by atoms with Gasteiger partial charge in [0.2, 0.25) is 0 Å². The molecule has 2 N–H and O–H groups in total. The van der Waals surface area contributed by atoms with Gasteiger partial charge >= 0.3 is 0 Å². The maximum atomic E-state index is 13.3. The van der Waals surface area contributed by atoms with E-state index in [-0.39, 0.29) is 27.8 Å². The fourth-order valence-corrected chi connectivity index (χ4v) is 3.51. The molecule has 0 radical (unpaired) electrons. The molecule has 1 aromatic carbocycles. The maximum absolute atomic E-state index is 13.3. The standard InChI is InChI=1S/C15H16BrFN4O4S/c1-15(2)23-6-9(24-15)7-26-14-12(19-25-20-14)13(18)21(22)8-3-4-11(17)10(16)5-8/h3-5,9,18,22H,6-7H2,1-2H3/t9-/m0/s1. The highest BCUT2D eigenvalue weighted by atomic mass is 79.9. The van der Waals surface area contributed by atoms with E-state index < -0.39 is 11.6 Å². The molecule has 26 heavy (non-hydrogen) atoms. The number of hydroxylamine groups is 1. The topological polar surface area (TPSA) is 105 Å². The van der Waals surface area contributed by atoms with Gasteiger partial charge in [-0.15, -0.1) is 0 Å². The van der Waals surface area contributed by atoms with Crippen LogP contribution < -0.4 is 5.06 Å². The fourth-order valence-electron chi connectivity index (χ4n) is 2.28. The molecule has 0 aliphatic carbocycles. The zero-order valence-corrected chi connectivity index (χ0v) is 16.3. The van der Waals surface area contributed by atoms with Gasteiger partial charge in [0.25, 0.3) is 0 Å². The second-order valence-corrected chi connectivity index (χ2v) is 7.80. The lowest BCUT2D eigenvalue weighted by molar-refractivity contribution is -0.135. The summed E-state index contributed by atoms with van der Waals surface area (Å²) in [6.07, 6.45) is -0.132. The average Bonchev–Trinajstić information content (AvgIpc) is 3.20. The Morgan fingerprint density at radius 3 is 2.92 bits per heavy atom. The minimum atomic E-state index is -0.624. The molecule has 2 aromatic rings. The maximum Gasteiger partial charge on any atom is 0.186 e. The Morgan fingerprint density at radius 2 is 2.27 bits per heavy atom. The third kappa shape index (κ3) is 4.23. The Kier molecular flexibility index (Phi) is 5.63. The first-order valence-electron chi connectivity index (χ1n) is 7.57. The lowest BCUT2D eigenvalue weighted by atomic mass is 10.3. The van der Waals surface area contributed by atoms with E-state index in [0.29, 0.717) is 22.4 Å². The number of rotatable bonds is 5. The quantitative estimate of drug-likeness (QED) is 0.311. The van der Waals surface area contributed by atoms with Gasteiger partial charge in [0.05, 0.1) is 22.9 Å². The van der Waals surface area contributed by atoms with Gasteiger partial charge in [-0.25, -0.2) is 14.1 Å².